The van der Waals surface area contributed by atoms with E-state index in [2.05, 4.69) is 20.4 Å². The van der Waals surface area contributed by atoms with Gasteiger partial charge in [-0.15, -0.1) is 0 Å². The Morgan fingerprint density at radius 3 is 2.50 bits per heavy atom. The highest BCUT2D eigenvalue weighted by Gasteiger charge is 2.16. The molecule has 1 aromatic carbocycles. The quantitative estimate of drug-likeness (QED) is 0.830. The Morgan fingerprint density at radius 2 is 1.85 bits per heavy atom. The maximum absolute atomic E-state index is 12.1. The van der Waals surface area contributed by atoms with Gasteiger partial charge in [-0.3, -0.25) is 4.79 Å². The van der Waals surface area contributed by atoms with Gasteiger partial charge in [0.15, 0.2) is 0 Å². The molecule has 2 amide bonds. The molecule has 0 fully saturated rings. The minimum atomic E-state index is -0.720. The molecule has 0 aliphatic carbocycles. The van der Waals surface area contributed by atoms with Crippen molar-refractivity contribution in [1.29, 1.82) is 0 Å². The van der Waals surface area contributed by atoms with E-state index in [1.807, 2.05) is 38.1 Å². The number of pyridine rings is 1. The number of nitrogens with zero attached hydrogens (tertiary/aromatic N) is 1. The third-order valence-electron chi connectivity index (χ3n) is 3.82. The van der Waals surface area contributed by atoms with Crippen LogP contribution in [0, 0.1) is 13.8 Å². The molecular formula is C19H23N3O4. The number of nitrogens with one attached hydrogen (secondary N) is 2. The van der Waals surface area contributed by atoms with Gasteiger partial charge < -0.3 is 20.1 Å². The zero-order chi connectivity index (χ0) is 19.1. The van der Waals surface area contributed by atoms with Crippen LogP contribution in [0.4, 0.5) is 4.79 Å². The standard InChI is InChI=1S/C19H23N3O4/c1-12-7-5-8-13(2)16(12)26-18-15(9-6-10-20-18)11-21-17(23)14(3)22-19(24)25-4/h5-10,14H,11H2,1-4H3,(H,21,23)(H,22,24)/t14-/m0/s1. The van der Waals surface area contributed by atoms with Crippen molar-refractivity contribution in [3.05, 3.63) is 53.2 Å². The van der Waals surface area contributed by atoms with Crippen LogP contribution in [0.15, 0.2) is 36.5 Å². The molecule has 138 valence electrons. The monoisotopic (exact) mass is 357 g/mol. The van der Waals surface area contributed by atoms with Gasteiger partial charge in [-0.2, -0.15) is 0 Å². The molecule has 0 aliphatic heterocycles. The molecule has 7 nitrogen and oxygen atoms in total. The van der Waals surface area contributed by atoms with Crippen LogP contribution >= 0.6 is 0 Å². The van der Waals surface area contributed by atoms with Gasteiger partial charge in [-0.25, -0.2) is 9.78 Å². The van der Waals surface area contributed by atoms with Crippen LogP contribution in [0.3, 0.4) is 0 Å². The van der Waals surface area contributed by atoms with Crippen molar-refractivity contribution in [2.45, 2.75) is 33.4 Å². The normalized spacial score (nSPS) is 11.4. The van der Waals surface area contributed by atoms with E-state index in [-0.39, 0.29) is 12.5 Å². The lowest BCUT2D eigenvalue weighted by Crippen LogP contribution is -2.44. The predicted molar refractivity (Wildman–Crippen MR) is 97.1 cm³/mol. The van der Waals surface area contributed by atoms with Crippen molar-refractivity contribution < 1.29 is 19.1 Å². The van der Waals surface area contributed by atoms with Crippen LogP contribution in [0.2, 0.25) is 0 Å². The first kappa shape index (κ1) is 19.2. The highest BCUT2D eigenvalue weighted by molar-refractivity contribution is 5.85. The highest BCUT2D eigenvalue weighted by Crippen LogP contribution is 2.29. The molecule has 0 aliphatic rings. The molecule has 0 saturated carbocycles. The Bertz CT molecular complexity index is 772. The molecule has 1 aromatic heterocycles. The van der Waals surface area contributed by atoms with Crippen LogP contribution in [-0.4, -0.2) is 30.1 Å². The number of para-hydroxylation sites is 1. The molecule has 0 radical (unpaired) electrons. The number of alkyl carbamates (subject to hydrolysis) is 1. The zero-order valence-corrected chi connectivity index (χ0v) is 15.3. The Hall–Kier alpha value is -3.09. The molecule has 2 aromatic rings. The van der Waals surface area contributed by atoms with Gasteiger partial charge in [0.2, 0.25) is 11.8 Å². The van der Waals surface area contributed by atoms with E-state index in [4.69, 9.17) is 4.74 Å². The summed E-state index contributed by atoms with van der Waals surface area (Å²) >= 11 is 0. The SMILES string of the molecule is COC(=O)N[C@@H](C)C(=O)NCc1cccnc1Oc1c(C)cccc1C. The van der Waals surface area contributed by atoms with Gasteiger partial charge in [0.05, 0.1) is 7.11 Å². The van der Waals surface area contributed by atoms with E-state index in [1.54, 1.807) is 19.2 Å². The van der Waals surface area contributed by atoms with Crippen LogP contribution in [0.5, 0.6) is 11.6 Å². The van der Waals surface area contributed by atoms with Gasteiger partial charge in [-0.05, 0) is 38.0 Å². The number of methoxy groups -OCH3 is 1. The molecule has 0 unspecified atom stereocenters. The molecule has 26 heavy (non-hydrogen) atoms. The average molecular weight is 357 g/mol. The fraction of sp³-hybridized carbons (Fsp3) is 0.316. The zero-order valence-electron chi connectivity index (χ0n) is 15.3. The molecule has 1 heterocycles. The number of carbonyl (C=O) groups is 2. The number of carbonyl (C=O) groups excluding carboxylic acids is 2. The topological polar surface area (TPSA) is 89.5 Å². The van der Waals surface area contributed by atoms with Crippen LogP contribution < -0.4 is 15.4 Å². The Labute approximate surface area is 152 Å². The molecular weight excluding hydrogens is 334 g/mol. The second kappa shape index (κ2) is 8.84. The summed E-state index contributed by atoms with van der Waals surface area (Å²) in [6.07, 6.45) is 0.975. The van der Waals surface area contributed by atoms with Crippen molar-refractivity contribution in [3.8, 4) is 11.6 Å². The predicted octanol–water partition coefficient (Wildman–Crippen LogP) is 2.85. The lowest BCUT2D eigenvalue weighted by atomic mass is 10.1. The van der Waals surface area contributed by atoms with E-state index >= 15 is 0 Å². The van der Waals surface area contributed by atoms with Crippen LogP contribution in [0.1, 0.15) is 23.6 Å². The lowest BCUT2D eigenvalue weighted by molar-refractivity contribution is -0.122. The van der Waals surface area contributed by atoms with E-state index in [9.17, 15) is 9.59 Å². The summed E-state index contributed by atoms with van der Waals surface area (Å²) in [6, 6.07) is 8.78. The number of amides is 2. The summed E-state index contributed by atoms with van der Waals surface area (Å²) in [5.41, 5.74) is 2.73. The summed E-state index contributed by atoms with van der Waals surface area (Å²) in [4.78, 5) is 27.6. The maximum Gasteiger partial charge on any atom is 0.407 e. The fourth-order valence-electron chi connectivity index (χ4n) is 2.34. The van der Waals surface area contributed by atoms with Crippen molar-refractivity contribution in [1.82, 2.24) is 15.6 Å². The van der Waals surface area contributed by atoms with Crippen molar-refractivity contribution in [3.63, 3.8) is 0 Å². The number of rotatable bonds is 6. The van der Waals surface area contributed by atoms with Gasteiger partial charge in [0, 0.05) is 18.3 Å². The number of aromatic nitrogens is 1. The number of benzene rings is 1. The van der Waals surface area contributed by atoms with E-state index in [0.29, 0.717) is 5.88 Å². The third kappa shape index (κ3) is 4.95. The third-order valence-corrected chi connectivity index (χ3v) is 3.82. The minimum absolute atomic E-state index is 0.222. The highest BCUT2D eigenvalue weighted by atomic mass is 16.5. The average Bonchev–Trinajstić information content (AvgIpc) is 2.63. The van der Waals surface area contributed by atoms with Crippen molar-refractivity contribution in [2.75, 3.05) is 7.11 Å². The molecule has 2 N–H and O–H groups in total. The first-order chi connectivity index (χ1) is 12.4. The van der Waals surface area contributed by atoms with E-state index in [0.717, 1.165) is 22.4 Å². The van der Waals surface area contributed by atoms with Gasteiger partial charge in [0.25, 0.3) is 0 Å². The number of hydrogen-bond acceptors (Lipinski definition) is 5. The molecule has 0 bridgehead atoms. The van der Waals surface area contributed by atoms with Crippen molar-refractivity contribution in [2.24, 2.45) is 0 Å². The molecule has 0 spiro atoms. The maximum atomic E-state index is 12.1. The van der Waals surface area contributed by atoms with Gasteiger partial charge in [0.1, 0.15) is 11.8 Å². The first-order valence-electron chi connectivity index (χ1n) is 8.22. The largest absolute Gasteiger partial charge is 0.453 e. The second-order valence-corrected chi connectivity index (χ2v) is 5.87. The molecule has 0 saturated heterocycles. The summed E-state index contributed by atoms with van der Waals surface area (Å²) in [6.45, 7) is 5.73. The Morgan fingerprint density at radius 1 is 1.15 bits per heavy atom. The van der Waals surface area contributed by atoms with Gasteiger partial charge in [-0.1, -0.05) is 24.3 Å². The molecule has 2 rings (SSSR count). The minimum Gasteiger partial charge on any atom is -0.453 e. The summed E-state index contributed by atoms with van der Waals surface area (Å²) < 4.78 is 10.5. The molecule has 1 atom stereocenters. The smallest absolute Gasteiger partial charge is 0.407 e. The second-order valence-electron chi connectivity index (χ2n) is 5.87. The molecule has 7 heteroatoms. The summed E-state index contributed by atoms with van der Waals surface area (Å²) in [7, 11) is 1.24. The van der Waals surface area contributed by atoms with Crippen LogP contribution in [0.25, 0.3) is 0 Å². The van der Waals surface area contributed by atoms with E-state index in [1.165, 1.54) is 7.11 Å². The van der Waals surface area contributed by atoms with E-state index < -0.39 is 12.1 Å². The Kier molecular flexibility index (Phi) is 6.54. The number of hydrogen-bond donors (Lipinski definition) is 2. The lowest BCUT2D eigenvalue weighted by Gasteiger charge is -2.16. The summed E-state index contributed by atoms with van der Waals surface area (Å²) in [5.74, 6) is 0.843. The van der Waals surface area contributed by atoms with Crippen LogP contribution in [-0.2, 0) is 16.1 Å². The Balaban J connectivity index is 2.07. The van der Waals surface area contributed by atoms with Gasteiger partial charge >= 0.3 is 6.09 Å². The fourth-order valence-corrected chi connectivity index (χ4v) is 2.34. The summed E-state index contributed by atoms with van der Waals surface area (Å²) in [5, 5.41) is 5.17. The number of aryl methyl sites for hydroxylation is 2. The van der Waals surface area contributed by atoms with Crippen molar-refractivity contribution >= 4 is 12.0 Å². The number of ether oxygens (including phenoxy) is 2. The first-order valence-corrected chi connectivity index (χ1v) is 8.22.